The topological polar surface area (TPSA) is 33.7 Å². The van der Waals surface area contributed by atoms with Crippen molar-refractivity contribution < 1.29 is 9.47 Å². The molecule has 4 nitrogen and oxygen atoms in total. The molecule has 0 aromatic rings. The number of piperidine rings is 1. The highest BCUT2D eigenvalue weighted by Gasteiger charge is 2.16. The molecule has 1 N–H and O–H groups in total. The summed E-state index contributed by atoms with van der Waals surface area (Å²) in [5, 5.41) is 3.40. The summed E-state index contributed by atoms with van der Waals surface area (Å²) in [4.78, 5) is 2.40. The van der Waals surface area contributed by atoms with E-state index in [1.54, 1.807) is 14.2 Å². The molecular weight excluding hydrogens is 192 g/mol. The van der Waals surface area contributed by atoms with Crippen molar-refractivity contribution in [3.05, 3.63) is 0 Å². The van der Waals surface area contributed by atoms with Crippen molar-refractivity contribution in [3.8, 4) is 0 Å². The Labute approximate surface area is 92.9 Å². The molecular formula is C11H24N2O2. The monoisotopic (exact) mass is 216 g/mol. The Hall–Kier alpha value is -0.160. The van der Waals surface area contributed by atoms with Gasteiger partial charge >= 0.3 is 0 Å². The molecule has 1 atom stereocenters. The lowest BCUT2D eigenvalue weighted by Crippen LogP contribution is -2.39. The fourth-order valence-corrected chi connectivity index (χ4v) is 2.11. The lowest BCUT2D eigenvalue weighted by Gasteiger charge is -2.30. The maximum Gasteiger partial charge on any atom is 0.169 e. The van der Waals surface area contributed by atoms with Crippen LogP contribution in [-0.4, -0.2) is 58.6 Å². The van der Waals surface area contributed by atoms with Crippen LogP contribution >= 0.6 is 0 Å². The minimum atomic E-state index is -0.119. The highest BCUT2D eigenvalue weighted by molar-refractivity contribution is 4.72. The van der Waals surface area contributed by atoms with E-state index in [4.69, 9.17) is 9.47 Å². The van der Waals surface area contributed by atoms with Gasteiger partial charge in [-0.15, -0.1) is 0 Å². The zero-order valence-corrected chi connectivity index (χ0v) is 10.2. The molecule has 0 radical (unpaired) electrons. The second-order valence-corrected chi connectivity index (χ2v) is 4.33. The first kappa shape index (κ1) is 12.9. The number of rotatable bonds is 6. The second-order valence-electron chi connectivity index (χ2n) is 4.33. The van der Waals surface area contributed by atoms with Crippen LogP contribution in [0.15, 0.2) is 0 Å². The molecule has 0 spiro atoms. The van der Waals surface area contributed by atoms with E-state index in [0.29, 0.717) is 0 Å². The highest BCUT2D eigenvalue weighted by Crippen LogP contribution is 2.13. The Balaban J connectivity index is 2.08. The van der Waals surface area contributed by atoms with Crippen molar-refractivity contribution in [2.75, 3.05) is 47.4 Å². The maximum absolute atomic E-state index is 5.11. The van der Waals surface area contributed by atoms with Gasteiger partial charge in [-0.1, -0.05) is 0 Å². The van der Waals surface area contributed by atoms with Gasteiger partial charge in [0.1, 0.15) is 0 Å². The molecule has 0 aromatic heterocycles. The summed E-state index contributed by atoms with van der Waals surface area (Å²) < 4.78 is 10.2. The minimum Gasteiger partial charge on any atom is -0.355 e. The van der Waals surface area contributed by atoms with Crippen LogP contribution in [0.25, 0.3) is 0 Å². The predicted molar refractivity (Wildman–Crippen MR) is 60.9 cm³/mol. The van der Waals surface area contributed by atoms with Gasteiger partial charge in [-0.25, -0.2) is 0 Å². The van der Waals surface area contributed by atoms with E-state index in [0.717, 1.165) is 19.0 Å². The predicted octanol–water partition coefficient (Wildman–Crippen LogP) is 0.537. The van der Waals surface area contributed by atoms with E-state index >= 15 is 0 Å². The molecule has 1 rings (SSSR count). The van der Waals surface area contributed by atoms with Gasteiger partial charge in [-0.05, 0) is 38.9 Å². The Kier molecular flexibility index (Phi) is 6.17. The van der Waals surface area contributed by atoms with Crippen molar-refractivity contribution in [2.45, 2.75) is 19.1 Å². The molecule has 0 aliphatic carbocycles. The molecule has 0 amide bonds. The quantitative estimate of drug-likeness (QED) is 0.657. The van der Waals surface area contributed by atoms with Gasteiger partial charge in [0.05, 0.1) is 0 Å². The first-order valence-electron chi connectivity index (χ1n) is 5.71. The van der Waals surface area contributed by atoms with Crippen LogP contribution in [0.5, 0.6) is 0 Å². The van der Waals surface area contributed by atoms with Crippen LogP contribution in [-0.2, 0) is 9.47 Å². The molecule has 1 heterocycles. The summed E-state index contributed by atoms with van der Waals surface area (Å²) in [6.07, 6.45) is 2.54. The van der Waals surface area contributed by atoms with E-state index in [2.05, 4.69) is 17.3 Å². The lowest BCUT2D eigenvalue weighted by molar-refractivity contribution is -0.0991. The van der Waals surface area contributed by atoms with E-state index < -0.39 is 0 Å². The molecule has 1 unspecified atom stereocenters. The van der Waals surface area contributed by atoms with Crippen LogP contribution in [0, 0.1) is 5.92 Å². The minimum absolute atomic E-state index is 0.119. The third kappa shape index (κ3) is 4.93. The Morgan fingerprint density at radius 1 is 1.40 bits per heavy atom. The van der Waals surface area contributed by atoms with Crippen molar-refractivity contribution in [3.63, 3.8) is 0 Å². The second kappa shape index (κ2) is 7.17. The van der Waals surface area contributed by atoms with Gasteiger partial charge in [-0.3, -0.25) is 0 Å². The average molecular weight is 216 g/mol. The molecule has 1 saturated heterocycles. The molecule has 0 bridgehead atoms. The molecule has 1 fully saturated rings. The molecule has 1 aliphatic rings. The summed E-state index contributed by atoms with van der Waals surface area (Å²) in [6, 6.07) is 0. The zero-order chi connectivity index (χ0) is 11.1. The van der Waals surface area contributed by atoms with Gasteiger partial charge in [0.15, 0.2) is 6.29 Å². The third-order valence-corrected chi connectivity index (χ3v) is 2.99. The standard InChI is InChI=1S/C11H24N2O2/c1-13-6-4-5-10(9-13)7-12-8-11(14-2)15-3/h10-12H,4-9H2,1-3H3. The van der Waals surface area contributed by atoms with Crippen LogP contribution in [0.1, 0.15) is 12.8 Å². The van der Waals surface area contributed by atoms with Gasteiger partial charge in [0.2, 0.25) is 0 Å². The highest BCUT2D eigenvalue weighted by atomic mass is 16.7. The summed E-state index contributed by atoms with van der Waals surface area (Å²) in [5.41, 5.74) is 0. The van der Waals surface area contributed by atoms with Crippen LogP contribution in [0.4, 0.5) is 0 Å². The molecule has 1 aliphatic heterocycles. The first-order chi connectivity index (χ1) is 7.26. The maximum atomic E-state index is 5.11. The van der Waals surface area contributed by atoms with Crippen molar-refractivity contribution in [1.29, 1.82) is 0 Å². The average Bonchev–Trinajstić information content (AvgIpc) is 2.25. The van der Waals surface area contributed by atoms with Crippen LogP contribution in [0.2, 0.25) is 0 Å². The van der Waals surface area contributed by atoms with Crippen LogP contribution < -0.4 is 5.32 Å². The Bertz CT molecular complexity index is 163. The van der Waals surface area contributed by atoms with Gasteiger partial charge < -0.3 is 19.7 Å². The number of likely N-dealkylation sites (tertiary alicyclic amines) is 1. The van der Waals surface area contributed by atoms with Gasteiger partial charge in [0.25, 0.3) is 0 Å². The first-order valence-corrected chi connectivity index (χ1v) is 5.71. The lowest BCUT2D eigenvalue weighted by atomic mass is 9.98. The molecule has 4 heteroatoms. The molecule has 0 aromatic carbocycles. The number of nitrogens with zero attached hydrogens (tertiary/aromatic N) is 1. The molecule has 90 valence electrons. The van der Waals surface area contributed by atoms with Gasteiger partial charge in [0, 0.05) is 27.3 Å². The fraction of sp³-hybridized carbons (Fsp3) is 1.00. The van der Waals surface area contributed by atoms with E-state index in [-0.39, 0.29) is 6.29 Å². The van der Waals surface area contributed by atoms with Crippen molar-refractivity contribution in [2.24, 2.45) is 5.92 Å². The van der Waals surface area contributed by atoms with Crippen molar-refractivity contribution >= 4 is 0 Å². The largest absolute Gasteiger partial charge is 0.355 e. The summed E-state index contributed by atoms with van der Waals surface area (Å²) >= 11 is 0. The summed E-state index contributed by atoms with van der Waals surface area (Å²) in [7, 11) is 5.54. The Morgan fingerprint density at radius 3 is 2.73 bits per heavy atom. The number of methoxy groups -OCH3 is 2. The van der Waals surface area contributed by atoms with Gasteiger partial charge in [-0.2, -0.15) is 0 Å². The van der Waals surface area contributed by atoms with Crippen molar-refractivity contribution in [1.82, 2.24) is 10.2 Å². The summed E-state index contributed by atoms with van der Waals surface area (Å²) in [6.45, 7) is 4.29. The number of ether oxygens (including phenoxy) is 2. The van der Waals surface area contributed by atoms with E-state index in [1.807, 2.05) is 0 Å². The van der Waals surface area contributed by atoms with E-state index in [1.165, 1.54) is 25.9 Å². The number of hydrogen-bond donors (Lipinski definition) is 1. The third-order valence-electron chi connectivity index (χ3n) is 2.99. The normalized spacial score (nSPS) is 23.6. The zero-order valence-electron chi connectivity index (χ0n) is 10.2. The fourth-order valence-electron chi connectivity index (χ4n) is 2.11. The SMILES string of the molecule is COC(CNCC1CCCN(C)C1)OC. The number of hydrogen-bond acceptors (Lipinski definition) is 4. The smallest absolute Gasteiger partial charge is 0.169 e. The van der Waals surface area contributed by atoms with Crippen LogP contribution in [0.3, 0.4) is 0 Å². The molecule has 15 heavy (non-hydrogen) atoms. The number of nitrogens with one attached hydrogen (secondary N) is 1. The summed E-state index contributed by atoms with van der Waals surface area (Å²) in [5.74, 6) is 0.776. The van der Waals surface area contributed by atoms with E-state index in [9.17, 15) is 0 Å². The molecule has 0 saturated carbocycles. The Morgan fingerprint density at radius 2 is 2.13 bits per heavy atom.